The summed E-state index contributed by atoms with van der Waals surface area (Å²) >= 11 is 12.2. The van der Waals surface area contributed by atoms with Crippen LogP contribution in [0.15, 0.2) is 78.9 Å². The first kappa shape index (κ1) is 35.8. The third kappa shape index (κ3) is 11.3. The largest absolute Gasteiger partial charge is 0.436 e. The van der Waals surface area contributed by atoms with Crippen LogP contribution in [-0.2, 0) is 33.7 Å². The molecule has 10 nitrogen and oxygen atoms in total. The van der Waals surface area contributed by atoms with Gasteiger partial charge in [0.05, 0.1) is 28.7 Å². The summed E-state index contributed by atoms with van der Waals surface area (Å²) in [5.41, 5.74) is 2.23. The number of aliphatic hydroxyl groups excluding tert-OH is 3. The summed E-state index contributed by atoms with van der Waals surface area (Å²) in [6.45, 7) is 3.14. The number of amides is 3. The van der Waals surface area contributed by atoms with Crippen molar-refractivity contribution in [1.29, 1.82) is 0 Å². The molecule has 3 aromatic rings. The van der Waals surface area contributed by atoms with Gasteiger partial charge in [0.1, 0.15) is 6.10 Å². The van der Waals surface area contributed by atoms with Gasteiger partial charge in [0.2, 0.25) is 0 Å². The van der Waals surface area contributed by atoms with Crippen LogP contribution in [0.4, 0.5) is 4.79 Å². The normalized spacial score (nSPS) is 14.5. The number of hydrogen-bond acceptors (Lipinski definition) is 7. The molecule has 45 heavy (non-hydrogen) atoms. The number of carbonyl (C=O) groups is 3. The van der Waals surface area contributed by atoms with Crippen molar-refractivity contribution < 1.29 is 34.4 Å². The lowest BCUT2D eigenvalue weighted by Crippen LogP contribution is -2.57. The van der Waals surface area contributed by atoms with Gasteiger partial charge in [0.15, 0.2) is 12.2 Å². The average Bonchev–Trinajstić information content (AvgIpc) is 3.03. The van der Waals surface area contributed by atoms with Crippen molar-refractivity contribution in [2.45, 2.75) is 63.6 Å². The lowest BCUT2D eigenvalue weighted by atomic mass is 9.96. The monoisotopic (exact) mass is 659 g/mol. The van der Waals surface area contributed by atoms with Crippen LogP contribution in [0.5, 0.6) is 0 Å². The summed E-state index contributed by atoms with van der Waals surface area (Å²) in [7, 11) is 0. The maximum Gasteiger partial charge on any atom is 0.408 e. The van der Waals surface area contributed by atoms with E-state index in [4.69, 9.17) is 27.9 Å². The fourth-order valence-electron chi connectivity index (χ4n) is 4.58. The topological polar surface area (TPSA) is 157 Å². The lowest BCUT2D eigenvalue weighted by Gasteiger charge is -2.30. The average molecular weight is 661 g/mol. The summed E-state index contributed by atoms with van der Waals surface area (Å²) in [6.07, 6.45) is -5.65. The first-order chi connectivity index (χ1) is 21.5. The number of hydrogen-bond donors (Lipinski definition) is 6. The highest BCUT2D eigenvalue weighted by molar-refractivity contribution is 6.42. The number of alkyl carbamates (subject to hydrolysis) is 1. The van der Waals surface area contributed by atoms with Gasteiger partial charge in [-0.25, -0.2) is 4.79 Å². The van der Waals surface area contributed by atoms with E-state index in [-0.39, 0.29) is 24.4 Å². The molecule has 0 aliphatic rings. The Morgan fingerprint density at radius 3 is 1.98 bits per heavy atom. The van der Waals surface area contributed by atoms with E-state index >= 15 is 0 Å². The number of halogens is 2. The molecule has 3 aromatic carbocycles. The fraction of sp³-hybridized carbons (Fsp3) is 0.364. The van der Waals surface area contributed by atoms with Crippen molar-refractivity contribution in [2.24, 2.45) is 5.92 Å². The van der Waals surface area contributed by atoms with Gasteiger partial charge in [-0.2, -0.15) is 0 Å². The minimum Gasteiger partial charge on any atom is -0.436 e. The van der Waals surface area contributed by atoms with Crippen LogP contribution in [0.25, 0.3) is 0 Å². The molecule has 0 saturated carbocycles. The van der Waals surface area contributed by atoms with Crippen molar-refractivity contribution in [3.8, 4) is 0 Å². The Labute approximate surface area is 272 Å². The van der Waals surface area contributed by atoms with Gasteiger partial charge < -0.3 is 36.0 Å². The first-order valence-corrected chi connectivity index (χ1v) is 15.3. The number of nitrogens with one attached hydrogen (secondary N) is 3. The van der Waals surface area contributed by atoms with Gasteiger partial charge in [-0.3, -0.25) is 9.59 Å². The van der Waals surface area contributed by atoms with Gasteiger partial charge in [0, 0.05) is 6.54 Å². The molecular weight excluding hydrogens is 621 g/mol. The molecular formula is C33H39Cl2N3O7. The maximum absolute atomic E-state index is 13.5. The van der Waals surface area contributed by atoms with Gasteiger partial charge >= 0.3 is 6.09 Å². The lowest BCUT2D eigenvalue weighted by molar-refractivity contribution is -0.141. The third-order valence-electron chi connectivity index (χ3n) is 7.04. The SMILES string of the molecule is CC(C)C(OC(=O)NCc1ccccc1)C(=O)NC(Cc1ccc(Cl)c(Cl)c1)C(O)C(O)C(=O)NC(CO)Cc1ccccc1. The number of benzene rings is 3. The number of ether oxygens (including phenoxy) is 1. The highest BCUT2D eigenvalue weighted by atomic mass is 35.5. The van der Waals surface area contributed by atoms with Crippen LogP contribution in [0.2, 0.25) is 10.0 Å². The van der Waals surface area contributed by atoms with Gasteiger partial charge in [0.25, 0.3) is 11.8 Å². The zero-order valence-electron chi connectivity index (χ0n) is 25.0. The molecule has 0 aliphatic carbocycles. The predicted octanol–water partition coefficient (Wildman–Crippen LogP) is 3.41. The number of rotatable bonds is 15. The van der Waals surface area contributed by atoms with Gasteiger partial charge in [-0.05, 0) is 47.6 Å². The second-order valence-electron chi connectivity index (χ2n) is 11.0. The Bertz CT molecular complexity index is 1400. The second-order valence-corrected chi connectivity index (χ2v) is 11.8. The van der Waals surface area contributed by atoms with Crippen LogP contribution >= 0.6 is 23.2 Å². The van der Waals surface area contributed by atoms with E-state index in [1.54, 1.807) is 26.0 Å². The van der Waals surface area contributed by atoms with Crippen LogP contribution in [0.3, 0.4) is 0 Å². The Morgan fingerprint density at radius 2 is 1.40 bits per heavy atom. The maximum atomic E-state index is 13.5. The molecule has 0 fully saturated rings. The first-order valence-electron chi connectivity index (χ1n) is 14.5. The minimum atomic E-state index is -1.99. The zero-order chi connectivity index (χ0) is 32.9. The van der Waals surface area contributed by atoms with E-state index in [9.17, 15) is 29.7 Å². The Kier molecular flexibility index (Phi) is 14.1. The molecule has 0 radical (unpaired) electrons. The van der Waals surface area contributed by atoms with Crippen LogP contribution in [-0.4, -0.2) is 70.2 Å². The Balaban J connectivity index is 1.74. The smallest absolute Gasteiger partial charge is 0.408 e. The van der Waals surface area contributed by atoms with Crippen molar-refractivity contribution >= 4 is 41.1 Å². The van der Waals surface area contributed by atoms with E-state index < -0.39 is 60.8 Å². The van der Waals surface area contributed by atoms with E-state index in [0.29, 0.717) is 10.6 Å². The molecule has 0 bridgehead atoms. The highest BCUT2D eigenvalue weighted by Gasteiger charge is 2.36. The summed E-state index contributed by atoms with van der Waals surface area (Å²) < 4.78 is 5.44. The molecule has 3 rings (SSSR count). The van der Waals surface area contributed by atoms with Crippen LogP contribution < -0.4 is 16.0 Å². The van der Waals surface area contributed by atoms with Crippen molar-refractivity contribution in [3.05, 3.63) is 106 Å². The molecule has 5 unspecified atom stereocenters. The standard InChI is InChI=1S/C33H39Cl2N3O7/c1-20(2)30(45-33(44)36-18-22-11-7-4-8-12-22)32(43)38-27(17-23-13-14-25(34)26(35)16-23)28(40)29(41)31(42)37-24(19-39)15-21-9-5-3-6-10-21/h3-14,16,20,24,27-30,39-41H,15,17-19H2,1-2H3,(H,36,44)(H,37,42)(H,38,43). The molecule has 3 amide bonds. The Hall–Kier alpha value is -3.67. The number of carbonyl (C=O) groups excluding carboxylic acids is 3. The molecule has 5 atom stereocenters. The van der Waals surface area contributed by atoms with E-state index in [1.165, 1.54) is 6.07 Å². The van der Waals surface area contributed by atoms with Crippen molar-refractivity contribution in [3.63, 3.8) is 0 Å². The van der Waals surface area contributed by atoms with E-state index in [1.807, 2.05) is 60.7 Å². The predicted molar refractivity (Wildman–Crippen MR) is 172 cm³/mol. The fourth-order valence-corrected chi connectivity index (χ4v) is 4.90. The molecule has 0 spiro atoms. The van der Waals surface area contributed by atoms with Crippen LogP contribution in [0, 0.1) is 5.92 Å². The summed E-state index contributed by atoms with van der Waals surface area (Å²) in [6, 6.07) is 21.0. The van der Waals surface area contributed by atoms with Crippen LogP contribution in [0.1, 0.15) is 30.5 Å². The molecule has 0 saturated heterocycles. The summed E-state index contributed by atoms with van der Waals surface area (Å²) in [4.78, 5) is 39.0. The zero-order valence-corrected chi connectivity index (χ0v) is 26.5. The minimum absolute atomic E-state index is 0.0629. The molecule has 0 aliphatic heterocycles. The third-order valence-corrected chi connectivity index (χ3v) is 7.78. The van der Waals surface area contributed by atoms with Crippen molar-refractivity contribution in [1.82, 2.24) is 16.0 Å². The molecule has 6 N–H and O–H groups in total. The molecule has 0 heterocycles. The van der Waals surface area contributed by atoms with E-state index in [2.05, 4.69) is 16.0 Å². The molecule has 0 aromatic heterocycles. The number of aliphatic hydroxyl groups is 3. The van der Waals surface area contributed by atoms with E-state index in [0.717, 1.165) is 11.1 Å². The second kappa shape index (κ2) is 17.7. The molecule has 242 valence electrons. The summed E-state index contributed by atoms with van der Waals surface area (Å²) in [5.74, 6) is -2.15. The quantitative estimate of drug-likeness (QED) is 0.146. The molecule has 12 heteroatoms. The highest BCUT2D eigenvalue weighted by Crippen LogP contribution is 2.24. The van der Waals surface area contributed by atoms with Gasteiger partial charge in [-0.15, -0.1) is 0 Å². The Morgan fingerprint density at radius 1 is 0.778 bits per heavy atom. The van der Waals surface area contributed by atoms with Gasteiger partial charge in [-0.1, -0.05) is 104 Å². The van der Waals surface area contributed by atoms with Crippen molar-refractivity contribution in [2.75, 3.05) is 6.61 Å². The summed E-state index contributed by atoms with van der Waals surface area (Å²) in [5, 5.41) is 40.3.